The quantitative estimate of drug-likeness (QED) is 0.935. The van der Waals surface area contributed by atoms with Gasteiger partial charge in [-0.3, -0.25) is 4.68 Å². The van der Waals surface area contributed by atoms with Gasteiger partial charge in [-0.15, -0.1) is 0 Å². The van der Waals surface area contributed by atoms with Gasteiger partial charge >= 0.3 is 0 Å². The summed E-state index contributed by atoms with van der Waals surface area (Å²) < 4.78 is 29.5. The minimum absolute atomic E-state index is 0.0731. The van der Waals surface area contributed by atoms with Crippen LogP contribution in [0.25, 0.3) is 0 Å². The summed E-state index contributed by atoms with van der Waals surface area (Å²) in [5.74, 6) is -1.82. The normalized spacial score (nSPS) is 13.0. The van der Waals surface area contributed by atoms with E-state index >= 15 is 0 Å². The lowest BCUT2D eigenvalue weighted by atomic mass is 10.0. The van der Waals surface area contributed by atoms with Crippen molar-refractivity contribution in [3.8, 4) is 0 Å². The first-order valence-electron chi connectivity index (χ1n) is 5.86. The molecule has 0 spiro atoms. The number of rotatable bonds is 3. The molecule has 0 fully saturated rings. The Morgan fingerprint density at radius 2 is 2.00 bits per heavy atom. The zero-order valence-electron chi connectivity index (χ0n) is 10.6. The minimum Gasteiger partial charge on any atom is -0.319 e. The van der Waals surface area contributed by atoms with Crippen LogP contribution in [0.2, 0.25) is 0 Å². The van der Waals surface area contributed by atoms with Crippen LogP contribution in [0.3, 0.4) is 0 Å². The first-order valence-corrected chi connectivity index (χ1v) is 6.65. The molecule has 0 saturated carbocycles. The van der Waals surface area contributed by atoms with E-state index < -0.39 is 17.7 Å². The maximum atomic E-state index is 13.8. The molecule has 6 heteroatoms. The third-order valence-electron chi connectivity index (χ3n) is 2.89. The summed E-state index contributed by atoms with van der Waals surface area (Å²) in [5, 5.41) is 4.19. The first kappa shape index (κ1) is 14.1. The summed E-state index contributed by atoms with van der Waals surface area (Å²) in [6.45, 7) is 3.88. The predicted octanol–water partition coefficient (Wildman–Crippen LogP) is 3.55. The highest BCUT2D eigenvalue weighted by atomic mass is 79.9. The van der Waals surface area contributed by atoms with Gasteiger partial charge in [0.1, 0.15) is 0 Å². The van der Waals surface area contributed by atoms with Crippen LogP contribution in [-0.2, 0) is 0 Å². The lowest BCUT2D eigenvalue weighted by Gasteiger charge is -2.18. The van der Waals surface area contributed by atoms with Gasteiger partial charge in [-0.25, -0.2) is 8.78 Å². The Hall–Kier alpha value is -1.27. The van der Waals surface area contributed by atoms with E-state index in [0.717, 1.165) is 6.07 Å². The van der Waals surface area contributed by atoms with Crippen LogP contribution in [0.1, 0.15) is 37.2 Å². The maximum absolute atomic E-state index is 13.8. The average molecular weight is 330 g/mol. The van der Waals surface area contributed by atoms with Gasteiger partial charge in [0.15, 0.2) is 11.6 Å². The zero-order valence-corrected chi connectivity index (χ0v) is 12.2. The molecule has 19 heavy (non-hydrogen) atoms. The van der Waals surface area contributed by atoms with E-state index in [2.05, 4.69) is 21.0 Å². The van der Waals surface area contributed by atoms with Gasteiger partial charge in [0, 0.05) is 11.6 Å². The fourth-order valence-corrected chi connectivity index (χ4v) is 2.48. The fraction of sp³-hybridized carbons (Fsp3) is 0.308. The average Bonchev–Trinajstić information content (AvgIpc) is 2.74. The summed E-state index contributed by atoms with van der Waals surface area (Å²) in [6, 6.07) is 3.28. The number of hydrogen-bond acceptors (Lipinski definition) is 2. The van der Waals surface area contributed by atoms with Crippen molar-refractivity contribution in [2.24, 2.45) is 5.73 Å². The van der Waals surface area contributed by atoms with Crippen LogP contribution < -0.4 is 5.73 Å². The lowest BCUT2D eigenvalue weighted by molar-refractivity contribution is 0.475. The van der Waals surface area contributed by atoms with Crippen molar-refractivity contribution in [1.82, 2.24) is 9.78 Å². The van der Waals surface area contributed by atoms with Gasteiger partial charge in [-0.2, -0.15) is 5.10 Å². The van der Waals surface area contributed by atoms with Crippen LogP contribution in [0.5, 0.6) is 0 Å². The van der Waals surface area contributed by atoms with Gasteiger partial charge in [0.25, 0.3) is 0 Å². The summed E-state index contributed by atoms with van der Waals surface area (Å²) in [5.41, 5.74) is 6.81. The van der Waals surface area contributed by atoms with Crippen LogP contribution in [0.4, 0.5) is 8.78 Å². The Morgan fingerprint density at radius 1 is 1.32 bits per heavy atom. The maximum Gasteiger partial charge on any atom is 0.163 e. The Kier molecular flexibility index (Phi) is 4.01. The van der Waals surface area contributed by atoms with Crippen molar-refractivity contribution in [3.63, 3.8) is 0 Å². The molecule has 1 aromatic heterocycles. The van der Waals surface area contributed by atoms with Crippen LogP contribution in [-0.4, -0.2) is 9.78 Å². The molecule has 0 radical (unpaired) electrons. The molecule has 1 aromatic carbocycles. The number of nitrogens with two attached hydrogens (primary N) is 1. The Labute approximate surface area is 118 Å². The predicted molar refractivity (Wildman–Crippen MR) is 72.7 cm³/mol. The van der Waals surface area contributed by atoms with E-state index in [1.165, 1.54) is 12.1 Å². The third kappa shape index (κ3) is 2.55. The zero-order chi connectivity index (χ0) is 14.2. The smallest absolute Gasteiger partial charge is 0.163 e. The highest BCUT2D eigenvalue weighted by molar-refractivity contribution is 9.10. The highest BCUT2D eigenvalue weighted by Gasteiger charge is 2.23. The monoisotopic (exact) mass is 329 g/mol. The lowest BCUT2D eigenvalue weighted by Crippen LogP contribution is -2.20. The second-order valence-corrected chi connectivity index (χ2v) is 5.39. The molecular weight excluding hydrogens is 316 g/mol. The molecule has 0 bridgehead atoms. The molecule has 1 heterocycles. The number of nitrogens with zero attached hydrogens (tertiary/aromatic N) is 2. The molecule has 2 rings (SSSR count). The Bertz CT molecular complexity index is 596. The van der Waals surface area contributed by atoms with E-state index in [9.17, 15) is 8.78 Å². The van der Waals surface area contributed by atoms with E-state index in [-0.39, 0.29) is 11.6 Å². The van der Waals surface area contributed by atoms with Gasteiger partial charge in [0.2, 0.25) is 0 Å². The molecule has 0 aliphatic rings. The van der Waals surface area contributed by atoms with Gasteiger partial charge in [-0.1, -0.05) is 12.1 Å². The molecule has 0 amide bonds. The van der Waals surface area contributed by atoms with E-state index in [4.69, 9.17) is 5.73 Å². The van der Waals surface area contributed by atoms with Crippen molar-refractivity contribution < 1.29 is 8.78 Å². The van der Waals surface area contributed by atoms with E-state index in [1.54, 1.807) is 10.9 Å². The SMILES string of the molecule is CC(C)n1ncc(Br)c1C(N)c1cccc(F)c1F. The van der Waals surface area contributed by atoms with E-state index in [1.807, 2.05) is 13.8 Å². The topological polar surface area (TPSA) is 43.8 Å². The summed E-state index contributed by atoms with van der Waals surface area (Å²) >= 11 is 3.35. The number of aromatic nitrogens is 2. The number of hydrogen-bond donors (Lipinski definition) is 1. The Morgan fingerprint density at radius 3 is 2.63 bits per heavy atom. The number of benzene rings is 1. The molecule has 1 unspecified atom stereocenters. The summed E-state index contributed by atoms with van der Waals surface area (Å²) in [7, 11) is 0. The second kappa shape index (κ2) is 5.38. The van der Waals surface area contributed by atoms with Gasteiger partial charge < -0.3 is 5.73 Å². The summed E-state index contributed by atoms with van der Waals surface area (Å²) in [4.78, 5) is 0. The number of halogens is 3. The van der Waals surface area contributed by atoms with Crippen molar-refractivity contribution >= 4 is 15.9 Å². The molecule has 0 aliphatic carbocycles. The molecule has 0 aliphatic heterocycles. The molecule has 0 saturated heterocycles. The highest BCUT2D eigenvalue weighted by Crippen LogP contribution is 2.30. The van der Waals surface area contributed by atoms with Crippen molar-refractivity contribution in [2.75, 3.05) is 0 Å². The fourth-order valence-electron chi connectivity index (χ4n) is 1.96. The van der Waals surface area contributed by atoms with Crippen molar-refractivity contribution in [2.45, 2.75) is 25.9 Å². The molecule has 102 valence electrons. The largest absolute Gasteiger partial charge is 0.319 e. The van der Waals surface area contributed by atoms with Gasteiger partial charge in [0.05, 0.1) is 22.4 Å². The van der Waals surface area contributed by atoms with Crippen LogP contribution >= 0.6 is 15.9 Å². The molecular formula is C13H14BrF2N3. The van der Waals surface area contributed by atoms with Gasteiger partial charge in [-0.05, 0) is 35.8 Å². The third-order valence-corrected chi connectivity index (χ3v) is 3.50. The van der Waals surface area contributed by atoms with Crippen molar-refractivity contribution in [3.05, 3.63) is 51.8 Å². The molecule has 3 nitrogen and oxygen atoms in total. The van der Waals surface area contributed by atoms with Crippen LogP contribution in [0.15, 0.2) is 28.9 Å². The standard InChI is InChI=1S/C13H14BrF2N3/c1-7(2)19-13(9(14)6-18-19)12(17)8-4-3-5-10(15)11(8)16/h3-7,12H,17H2,1-2H3. The molecule has 1 atom stereocenters. The Balaban J connectivity index is 2.53. The van der Waals surface area contributed by atoms with E-state index in [0.29, 0.717) is 10.2 Å². The first-order chi connectivity index (χ1) is 8.93. The summed E-state index contributed by atoms with van der Waals surface area (Å²) in [6.07, 6.45) is 1.60. The molecule has 2 N–H and O–H groups in total. The molecule has 2 aromatic rings. The van der Waals surface area contributed by atoms with Crippen LogP contribution in [0, 0.1) is 11.6 Å². The van der Waals surface area contributed by atoms with Crippen molar-refractivity contribution in [1.29, 1.82) is 0 Å². The minimum atomic E-state index is -0.918. The second-order valence-electron chi connectivity index (χ2n) is 4.54.